The molecule has 1 aliphatic carbocycles. The first-order valence-corrected chi connectivity index (χ1v) is 15.0. The molecule has 2 unspecified atom stereocenters. The fraction of sp³-hybridized carbons (Fsp3) is 0.444. The van der Waals surface area contributed by atoms with Crippen molar-refractivity contribution in [3.63, 3.8) is 0 Å². The number of amides is 2. The number of benzene rings is 2. The molecule has 0 saturated heterocycles. The predicted molar refractivity (Wildman–Crippen MR) is 146 cm³/mol. The fourth-order valence-electron chi connectivity index (χ4n) is 4.48. The Hall–Kier alpha value is -3.03. The van der Waals surface area contributed by atoms with Gasteiger partial charge in [0.15, 0.2) is 9.84 Å². The van der Waals surface area contributed by atoms with Crippen molar-refractivity contribution in [2.75, 3.05) is 37.0 Å². The molecule has 2 amide bonds. The Kier molecular flexibility index (Phi) is 10.4. The second kappa shape index (κ2) is 13.5. The summed E-state index contributed by atoms with van der Waals surface area (Å²) in [6.07, 6.45) is 3.08. The highest BCUT2D eigenvalue weighted by Gasteiger charge is 2.34. The van der Waals surface area contributed by atoms with Gasteiger partial charge in [-0.05, 0) is 60.7 Å². The molecule has 2 aromatic carbocycles. The van der Waals surface area contributed by atoms with E-state index in [4.69, 9.17) is 5.26 Å². The van der Waals surface area contributed by atoms with Gasteiger partial charge in [0.1, 0.15) is 6.54 Å². The molecule has 37 heavy (non-hydrogen) atoms. The number of rotatable bonds is 11. The third kappa shape index (κ3) is 8.51. The summed E-state index contributed by atoms with van der Waals surface area (Å²) in [5.41, 5.74) is 2.08. The van der Waals surface area contributed by atoms with Crippen LogP contribution in [0.1, 0.15) is 31.2 Å². The number of nitriles is 1. The number of carbonyl (C=O) groups excluding carboxylic acids is 2. The molecule has 10 heteroatoms. The summed E-state index contributed by atoms with van der Waals surface area (Å²) in [5.74, 6) is -0.876. The summed E-state index contributed by atoms with van der Waals surface area (Å²) < 4.78 is 26.2. The number of nitrogens with one attached hydrogen (secondary N) is 2. The third-order valence-electron chi connectivity index (χ3n) is 6.49. The molecular weight excluding hydrogens is 508 g/mol. The first kappa shape index (κ1) is 28.5. The molecule has 8 nitrogen and oxygen atoms in total. The van der Waals surface area contributed by atoms with E-state index in [0.29, 0.717) is 19.4 Å². The summed E-state index contributed by atoms with van der Waals surface area (Å²) in [6, 6.07) is 16.4. The Morgan fingerprint density at radius 2 is 1.81 bits per heavy atom. The first-order chi connectivity index (χ1) is 17.7. The minimum atomic E-state index is -3.58. The van der Waals surface area contributed by atoms with Gasteiger partial charge in [0, 0.05) is 37.1 Å². The zero-order valence-electron chi connectivity index (χ0n) is 21.3. The van der Waals surface area contributed by atoms with Crippen LogP contribution in [-0.4, -0.2) is 52.4 Å². The van der Waals surface area contributed by atoms with Crippen molar-refractivity contribution in [2.45, 2.75) is 42.0 Å². The monoisotopic (exact) mass is 542 g/mol. The molecule has 0 radical (unpaired) electrons. The molecule has 1 saturated carbocycles. The Bertz CT molecular complexity index is 1220. The summed E-state index contributed by atoms with van der Waals surface area (Å²) in [5, 5.41) is 14.2. The lowest BCUT2D eigenvalue weighted by molar-refractivity contribution is -0.127. The van der Waals surface area contributed by atoms with E-state index >= 15 is 0 Å². The van der Waals surface area contributed by atoms with E-state index in [1.807, 2.05) is 49.3 Å². The van der Waals surface area contributed by atoms with Crippen LogP contribution in [0.5, 0.6) is 0 Å². The van der Waals surface area contributed by atoms with E-state index in [0.717, 1.165) is 29.0 Å². The third-order valence-corrected chi connectivity index (χ3v) is 9.36. The first-order valence-electron chi connectivity index (χ1n) is 12.3. The highest BCUT2D eigenvalue weighted by Crippen LogP contribution is 2.33. The Morgan fingerprint density at radius 1 is 1.08 bits per heavy atom. The van der Waals surface area contributed by atoms with Gasteiger partial charge >= 0.3 is 0 Å². The van der Waals surface area contributed by atoms with Crippen LogP contribution in [0.3, 0.4) is 0 Å². The number of carbonyl (C=O) groups is 2. The topological polar surface area (TPSA) is 119 Å². The average molecular weight is 543 g/mol. The van der Waals surface area contributed by atoms with Crippen molar-refractivity contribution in [3.8, 4) is 6.07 Å². The van der Waals surface area contributed by atoms with Crippen molar-refractivity contribution in [2.24, 2.45) is 11.8 Å². The fourth-order valence-corrected chi connectivity index (χ4v) is 6.91. The predicted octanol–water partition coefficient (Wildman–Crippen LogP) is 3.38. The van der Waals surface area contributed by atoms with E-state index in [1.54, 1.807) is 24.3 Å². The SMILES string of the molecule is CN(C)c1cccc(CNC(=O)CSc2ccc(S(=O)(=O)CC3CCCCC3C(=O)NCC#N)cc2)c1. The van der Waals surface area contributed by atoms with Gasteiger partial charge in [0.05, 0.1) is 22.5 Å². The summed E-state index contributed by atoms with van der Waals surface area (Å²) in [6.45, 7) is 0.366. The zero-order chi connectivity index (χ0) is 26.8. The minimum Gasteiger partial charge on any atom is -0.378 e. The van der Waals surface area contributed by atoms with Crippen LogP contribution < -0.4 is 15.5 Å². The summed E-state index contributed by atoms with van der Waals surface area (Å²) >= 11 is 1.34. The number of sulfone groups is 1. The van der Waals surface area contributed by atoms with Crippen LogP contribution >= 0.6 is 11.8 Å². The highest BCUT2D eigenvalue weighted by molar-refractivity contribution is 8.00. The molecule has 0 heterocycles. The lowest BCUT2D eigenvalue weighted by Gasteiger charge is -2.30. The molecule has 2 aromatic rings. The number of nitrogens with zero attached hydrogens (tertiary/aromatic N) is 2. The van der Waals surface area contributed by atoms with E-state index < -0.39 is 15.8 Å². The van der Waals surface area contributed by atoms with Gasteiger partial charge in [-0.3, -0.25) is 9.59 Å². The van der Waals surface area contributed by atoms with E-state index in [2.05, 4.69) is 10.6 Å². The standard InChI is InChI=1S/C27H34N4O4S2/c1-31(2)22-8-5-6-20(16-22)17-30-26(32)18-36-23-10-12-24(13-11-23)37(34,35)19-21-7-3-4-9-25(21)27(33)29-15-14-28/h5-6,8,10-13,16,21,25H,3-4,7,9,15,17-19H2,1-2H3,(H,29,33)(H,30,32). The van der Waals surface area contributed by atoms with Crippen LogP contribution in [0.25, 0.3) is 0 Å². The van der Waals surface area contributed by atoms with Gasteiger partial charge in [0.25, 0.3) is 0 Å². The molecular formula is C27H34N4O4S2. The quantitative estimate of drug-likeness (QED) is 0.330. The van der Waals surface area contributed by atoms with E-state index in [9.17, 15) is 18.0 Å². The maximum atomic E-state index is 13.1. The largest absolute Gasteiger partial charge is 0.378 e. The van der Waals surface area contributed by atoms with Crippen molar-refractivity contribution >= 4 is 39.1 Å². The number of hydrogen-bond donors (Lipinski definition) is 2. The van der Waals surface area contributed by atoms with Gasteiger partial charge < -0.3 is 15.5 Å². The Labute approximate surface area is 223 Å². The van der Waals surface area contributed by atoms with Gasteiger partial charge in [0.2, 0.25) is 11.8 Å². The molecule has 0 aliphatic heterocycles. The Morgan fingerprint density at radius 3 is 2.51 bits per heavy atom. The minimum absolute atomic E-state index is 0.0738. The molecule has 0 aromatic heterocycles. The van der Waals surface area contributed by atoms with Crippen molar-refractivity contribution in [1.82, 2.24) is 10.6 Å². The molecule has 3 rings (SSSR count). The zero-order valence-corrected chi connectivity index (χ0v) is 22.9. The molecule has 0 bridgehead atoms. The van der Waals surface area contributed by atoms with E-state index in [-0.39, 0.29) is 40.7 Å². The van der Waals surface area contributed by atoms with Crippen molar-refractivity contribution in [1.29, 1.82) is 5.26 Å². The Balaban J connectivity index is 1.52. The van der Waals surface area contributed by atoms with Gasteiger partial charge in [-0.1, -0.05) is 25.0 Å². The second-order valence-corrected chi connectivity index (χ2v) is 12.5. The smallest absolute Gasteiger partial charge is 0.230 e. The van der Waals surface area contributed by atoms with Crippen LogP contribution in [-0.2, 0) is 26.0 Å². The molecule has 2 N–H and O–H groups in total. The lowest BCUT2D eigenvalue weighted by Crippen LogP contribution is -2.39. The van der Waals surface area contributed by atoms with Crippen LogP contribution in [0.4, 0.5) is 5.69 Å². The van der Waals surface area contributed by atoms with Crippen LogP contribution in [0.15, 0.2) is 58.3 Å². The van der Waals surface area contributed by atoms with Gasteiger partial charge in [-0.2, -0.15) is 5.26 Å². The van der Waals surface area contributed by atoms with Crippen molar-refractivity contribution < 1.29 is 18.0 Å². The van der Waals surface area contributed by atoms with Gasteiger partial charge in [-0.25, -0.2) is 8.42 Å². The number of anilines is 1. The molecule has 1 fully saturated rings. The number of hydrogen-bond acceptors (Lipinski definition) is 7. The van der Waals surface area contributed by atoms with Gasteiger partial charge in [-0.15, -0.1) is 11.8 Å². The second-order valence-electron chi connectivity index (χ2n) is 9.41. The summed E-state index contributed by atoms with van der Waals surface area (Å²) in [4.78, 5) is 27.8. The number of thioether (sulfide) groups is 1. The summed E-state index contributed by atoms with van der Waals surface area (Å²) in [7, 11) is 0.353. The lowest BCUT2D eigenvalue weighted by atomic mass is 9.80. The van der Waals surface area contributed by atoms with Crippen LogP contribution in [0.2, 0.25) is 0 Å². The molecule has 1 aliphatic rings. The van der Waals surface area contributed by atoms with E-state index in [1.165, 1.54) is 11.8 Å². The average Bonchev–Trinajstić information content (AvgIpc) is 2.89. The normalized spacial score (nSPS) is 17.4. The molecule has 198 valence electrons. The highest BCUT2D eigenvalue weighted by atomic mass is 32.2. The molecule has 2 atom stereocenters. The maximum Gasteiger partial charge on any atom is 0.230 e. The van der Waals surface area contributed by atoms with Crippen molar-refractivity contribution in [3.05, 3.63) is 54.1 Å². The maximum absolute atomic E-state index is 13.1. The van der Waals surface area contributed by atoms with Crippen LogP contribution in [0, 0.1) is 23.2 Å². The molecule has 0 spiro atoms.